The Balaban J connectivity index is 2.39. The Bertz CT molecular complexity index is 238. The molecular weight excluding hydrogens is 216 g/mol. The molecule has 0 aromatic heterocycles. The summed E-state index contributed by atoms with van der Waals surface area (Å²) in [6.07, 6.45) is 5.02. The molecule has 1 unspecified atom stereocenters. The Hall–Kier alpha value is -0.570. The minimum Gasteiger partial charge on any atom is -0.464 e. The summed E-state index contributed by atoms with van der Waals surface area (Å²) >= 11 is 0. The van der Waals surface area contributed by atoms with Crippen molar-refractivity contribution >= 4 is 5.97 Å². The number of carbonyl (C=O) groups excluding carboxylic acids is 1. The van der Waals surface area contributed by atoms with Crippen molar-refractivity contribution in [2.24, 2.45) is 5.41 Å². The fourth-order valence-electron chi connectivity index (χ4n) is 2.29. The second-order valence-electron chi connectivity index (χ2n) is 5.65. The van der Waals surface area contributed by atoms with Gasteiger partial charge in [0.25, 0.3) is 0 Å². The first-order valence-corrected chi connectivity index (χ1v) is 6.80. The van der Waals surface area contributed by atoms with Crippen LogP contribution < -0.4 is 0 Å². The van der Waals surface area contributed by atoms with Crippen LogP contribution in [0.25, 0.3) is 0 Å². The Kier molecular flexibility index (Phi) is 5.44. The highest BCUT2D eigenvalue weighted by Crippen LogP contribution is 2.36. The molecule has 0 aromatic rings. The van der Waals surface area contributed by atoms with Crippen molar-refractivity contribution in [2.45, 2.75) is 72.0 Å². The molecule has 3 nitrogen and oxygen atoms in total. The van der Waals surface area contributed by atoms with Crippen LogP contribution in [0.5, 0.6) is 0 Å². The van der Waals surface area contributed by atoms with Gasteiger partial charge < -0.3 is 9.47 Å². The van der Waals surface area contributed by atoms with Crippen LogP contribution >= 0.6 is 0 Å². The van der Waals surface area contributed by atoms with Crippen LogP contribution in [0, 0.1) is 5.41 Å². The Labute approximate surface area is 105 Å². The molecule has 1 fully saturated rings. The molecule has 0 radical (unpaired) electrons. The van der Waals surface area contributed by atoms with Gasteiger partial charge in [-0.25, -0.2) is 4.79 Å². The van der Waals surface area contributed by atoms with Crippen LogP contribution in [0.3, 0.4) is 0 Å². The van der Waals surface area contributed by atoms with Crippen LogP contribution in [-0.4, -0.2) is 24.8 Å². The van der Waals surface area contributed by atoms with E-state index in [0.717, 1.165) is 12.8 Å². The lowest BCUT2D eigenvalue weighted by Crippen LogP contribution is -2.34. The zero-order chi connectivity index (χ0) is 12.9. The van der Waals surface area contributed by atoms with Gasteiger partial charge in [-0.15, -0.1) is 0 Å². The summed E-state index contributed by atoms with van der Waals surface area (Å²) in [4.78, 5) is 11.6. The van der Waals surface area contributed by atoms with Crippen LogP contribution in [-0.2, 0) is 14.3 Å². The molecular formula is C14H26O3. The third kappa shape index (κ3) is 4.66. The van der Waals surface area contributed by atoms with Gasteiger partial charge in [-0.2, -0.15) is 0 Å². The monoisotopic (exact) mass is 242 g/mol. The van der Waals surface area contributed by atoms with Crippen molar-refractivity contribution < 1.29 is 14.3 Å². The summed E-state index contributed by atoms with van der Waals surface area (Å²) in [5.74, 6) is -0.208. The molecule has 0 spiro atoms. The number of ether oxygens (including phenoxy) is 2. The van der Waals surface area contributed by atoms with Crippen LogP contribution in [0.2, 0.25) is 0 Å². The van der Waals surface area contributed by atoms with Crippen LogP contribution in [0.4, 0.5) is 0 Å². The molecule has 1 atom stereocenters. The number of hydrogen-bond donors (Lipinski definition) is 0. The molecule has 0 N–H and O–H groups in total. The van der Waals surface area contributed by atoms with Gasteiger partial charge in [0.05, 0.1) is 12.7 Å². The largest absolute Gasteiger partial charge is 0.464 e. The zero-order valence-electron chi connectivity index (χ0n) is 11.6. The molecule has 100 valence electrons. The summed E-state index contributed by atoms with van der Waals surface area (Å²) in [7, 11) is 0. The van der Waals surface area contributed by atoms with Gasteiger partial charge in [0.1, 0.15) is 0 Å². The number of rotatable bonds is 5. The molecule has 1 aliphatic rings. The van der Waals surface area contributed by atoms with Gasteiger partial charge in [-0.05, 0) is 44.4 Å². The van der Waals surface area contributed by atoms with E-state index in [1.165, 1.54) is 12.8 Å². The van der Waals surface area contributed by atoms with E-state index < -0.39 is 0 Å². The lowest BCUT2D eigenvalue weighted by atomic mass is 9.76. The molecule has 17 heavy (non-hydrogen) atoms. The van der Waals surface area contributed by atoms with Gasteiger partial charge in [0.15, 0.2) is 6.10 Å². The standard InChI is InChI=1S/C14H26O3/c1-5-12(13(15)16-6-2)17-11-7-9-14(3,4)10-8-11/h11-12H,5-10H2,1-4H3. The summed E-state index contributed by atoms with van der Waals surface area (Å²) in [6, 6.07) is 0. The maximum atomic E-state index is 11.6. The van der Waals surface area contributed by atoms with E-state index in [2.05, 4.69) is 13.8 Å². The van der Waals surface area contributed by atoms with Gasteiger partial charge in [0, 0.05) is 0 Å². The molecule has 0 aromatic carbocycles. The first-order valence-electron chi connectivity index (χ1n) is 6.80. The van der Waals surface area contributed by atoms with E-state index in [4.69, 9.17) is 9.47 Å². The Morgan fingerprint density at radius 2 is 1.88 bits per heavy atom. The highest BCUT2D eigenvalue weighted by molar-refractivity contribution is 5.74. The Morgan fingerprint density at radius 3 is 2.35 bits per heavy atom. The average Bonchev–Trinajstić information content (AvgIpc) is 2.28. The predicted octanol–water partition coefficient (Wildman–Crippen LogP) is 3.31. The van der Waals surface area contributed by atoms with Crippen molar-refractivity contribution in [3.8, 4) is 0 Å². The minimum atomic E-state index is -0.374. The third-order valence-electron chi connectivity index (χ3n) is 3.56. The molecule has 0 amide bonds. The molecule has 1 rings (SSSR count). The highest BCUT2D eigenvalue weighted by Gasteiger charge is 2.30. The van der Waals surface area contributed by atoms with E-state index >= 15 is 0 Å². The quantitative estimate of drug-likeness (QED) is 0.694. The van der Waals surface area contributed by atoms with Gasteiger partial charge in [-0.1, -0.05) is 20.8 Å². The van der Waals surface area contributed by atoms with Gasteiger partial charge >= 0.3 is 5.97 Å². The van der Waals surface area contributed by atoms with E-state index in [1.54, 1.807) is 0 Å². The van der Waals surface area contributed by atoms with E-state index in [0.29, 0.717) is 18.4 Å². The second-order valence-corrected chi connectivity index (χ2v) is 5.65. The predicted molar refractivity (Wildman–Crippen MR) is 67.8 cm³/mol. The van der Waals surface area contributed by atoms with Crippen molar-refractivity contribution in [1.29, 1.82) is 0 Å². The fraction of sp³-hybridized carbons (Fsp3) is 0.929. The average molecular weight is 242 g/mol. The van der Waals surface area contributed by atoms with Crippen molar-refractivity contribution in [3.05, 3.63) is 0 Å². The molecule has 3 heteroatoms. The normalized spacial score (nSPS) is 22.1. The zero-order valence-corrected chi connectivity index (χ0v) is 11.6. The summed E-state index contributed by atoms with van der Waals surface area (Å²) in [5.41, 5.74) is 0.436. The van der Waals surface area contributed by atoms with Gasteiger partial charge in [-0.3, -0.25) is 0 Å². The molecule has 1 saturated carbocycles. The topological polar surface area (TPSA) is 35.5 Å². The van der Waals surface area contributed by atoms with Crippen molar-refractivity contribution in [1.82, 2.24) is 0 Å². The molecule has 0 aliphatic heterocycles. The smallest absolute Gasteiger partial charge is 0.335 e. The van der Waals surface area contributed by atoms with E-state index in [1.807, 2.05) is 13.8 Å². The number of carbonyl (C=O) groups is 1. The molecule has 1 aliphatic carbocycles. The first-order chi connectivity index (χ1) is 7.98. The maximum absolute atomic E-state index is 11.6. The van der Waals surface area contributed by atoms with E-state index in [9.17, 15) is 4.79 Å². The summed E-state index contributed by atoms with van der Waals surface area (Å²) in [5, 5.41) is 0. The number of esters is 1. The van der Waals surface area contributed by atoms with Crippen LogP contribution in [0.1, 0.15) is 59.8 Å². The second kappa shape index (κ2) is 6.39. The van der Waals surface area contributed by atoms with Gasteiger partial charge in [0.2, 0.25) is 0 Å². The maximum Gasteiger partial charge on any atom is 0.335 e. The van der Waals surface area contributed by atoms with Crippen LogP contribution in [0.15, 0.2) is 0 Å². The lowest BCUT2D eigenvalue weighted by molar-refractivity contribution is -0.162. The summed E-state index contributed by atoms with van der Waals surface area (Å²) < 4.78 is 10.9. The SMILES string of the molecule is CCOC(=O)C(CC)OC1CCC(C)(C)CC1. The summed E-state index contributed by atoms with van der Waals surface area (Å²) in [6.45, 7) is 8.82. The van der Waals surface area contributed by atoms with Crippen molar-refractivity contribution in [3.63, 3.8) is 0 Å². The number of hydrogen-bond acceptors (Lipinski definition) is 3. The molecule has 0 heterocycles. The molecule has 0 saturated heterocycles. The first kappa shape index (κ1) is 14.5. The minimum absolute atomic E-state index is 0.208. The molecule has 0 bridgehead atoms. The fourth-order valence-corrected chi connectivity index (χ4v) is 2.29. The van der Waals surface area contributed by atoms with E-state index in [-0.39, 0.29) is 18.2 Å². The van der Waals surface area contributed by atoms with Crippen molar-refractivity contribution in [2.75, 3.05) is 6.61 Å². The third-order valence-corrected chi connectivity index (χ3v) is 3.56. The lowest BCUT2D eigenvalue weighted by Gasteiger charge is -2.35. The Morgan fingerprint density at radius 1 is 1.29 bits per heavy atom. The highest BCUT2D eigenvalue weighted by atomic mass is 16.6.